The lowest BCUT2D eigenvalue weighted by Crippen LogP contribution is -2.46. The van der Waals surface area contributed by atoms with Crippen LogP contribution in [0.4, 0.5) is 5.13 Å². The molecular formula is C23H23ClN6O4S. The van der Waals surface area contributed by atoms with Gasteiger partial charge in [-0.15, -0.1) is 0 Å². The SMILES string of the molecule is CCO[C@H]1CN(c2nc(-c3cnccn3)c(C(=O)O)s2)CC[C@H]1CC(=O)c1[nH]c(C)c(Cl)c1C#N. The van der Waals surface area contributed by atoms with Gasteiger partial charge in [-0.3, -0.25) is 14.8 Å². The molecule has 3 aromatic rings. The molecule has 10 nitrogen and oxygen atoms in total. The number of aromatic nitrogens is 4. The second kappa shape index (κ2) is 10.5. The van der Waals surface area contributed by atoms with E-state index < -0.39 is 5.97 Å². The number of Topliss-reactive ketones (excluding diaryl/α,β-unsaturated/α-hetero) is 1. The molecule has 182 valence electrons. The zero-order chi connectivity index (χ0) is 25.1. The van der Waals surface area contributed by atoms with Crippen molar-refractivity contribution in [2.75, 3.05) is 24.6 Å². The van der Waals surface area contributed by atoms with E-state index in [1.807, 2.05) is 17.9 Å². The Morgan fingerprint density at radius 3 is 2.89 bits per heavy atom. The summed E-state index contributed by atoms with van der Waals surface area (Å²) in [4.78, 5) is 42.7. The highest BCUT2D eigenvalue weighted by molar-refractivity contribution is 7.17. The van der Waals surface area contributed by atoms with Crippen molar-refractivity contribution < 1.29 is 19.4 Å². The molecule has 2 atom stereocenters. The normalized spacial score (nSPS) is 17.8. The number of nitrogens with one attached hydrogen (secondary N) is 1. The molecule has 4 rings (SSSR count). The zero-order valence-corrected chi connectivity index (χ0v) is 20.7. The average Bonchev–Trinajstić information content (AvgIpc) is 3.43. The van der Waals surface area contributed by atoms with Crippen LogP contribution in [0.3, 0.4) is 0 Å². The van der Waals surface area contributed by atoms with Crippen molar-refractivity contribution >= 4 is 39.8 Å². The molecule has 2 N–H and O–H groups in total. The number of aromatic carboxylic acids is 1. The minimum absolute atomic E-state index is 0.0778. The lowest BCUT2D eigenvalue weighted by atomic mass is 9.88. The number of carbonyl (C=O) groups excluding carboxylic acids is 1. The first-order chi connectivity index (χ1) is 16.8. The van der Waals surface area contributed by atoms with E-state index in [0.29, 0.717) is 42.6 Å². The van der Waals surface area contributed by atoms with Gasteiger partial charge in [0, 0.05) is 44.2 Å². The summed E-state index contributed by atoms with van der Waals surface area (Å²) in [5, 5.41) is 19.9. The summed E-state index contributed by atoms with van der Waals surface area (Å²) >= 11 is 7.23. The lowest BCUT2D eigenvalue weighted by Gasteiger charge is -2.38. The molecule has 0 aliphatic carbocycles. The standard InChI is InChI=1S/C23H23ClN6O4S/c1-3-34-17-11-30(23-29-20(21(35-23)22(32)33)15-10-26-5-6-27-15)7-4-13(17)8-16(31)19-14(9-25)18(24)12(2)28-19/h5-6,10,13,17,28H,3-4,7-8,11H2,1-2H3,(H,32,33)/t13-,17-/m0/s1. The lowest BCUT2D eigenvalue weighted by molar-refractivity contribution is 0.0103. The van der Waals surface area contributed by atoms with Crippen molar-refractivity contribution in [2.45, 2.75) is 32.8 Å². The van der Waals surface area contributed by atoms with Gasteiger partial charge < -0.3 is 19.7 Å². The van der Waals surface area contributed by atoms with Crippen molar-refractivity contribution in [3.05, 3.63) is 45.4 Å². The Bertz CT molecular complexity index is 1290. The number of ketones is 1. The maximum absolute atomic E-state index is 13.0. The van der Waals surface area contributed by atoms with Crippen LogP contribution < -0.4 is 4.90 Å². The molecule has 0 unspecified atom stereocenters. The quantitative estimate of drug-likeness (QED) is 0.426. The number of aryl methyl sites for hydroxylation is 1. The molecule has 1 aliphatic heterocycles. The van der Waals surface area contributed by atoms with Crippen molar-refractivity contribution in [1.29, 1.82) is 5.26 Å². The highest BCUT2D eigenvalue weighted by Crippen LogP contribution is 2.36. The summed E-state index contributed by atoms with van der Waals surface area (Å²) < 4.78 is 5.98. The molecule has 12 heteroatoms. The summed E-state index contributed by atoms with van der Waals surface area (Å²) in [5.41, 5.74) is 1.65. The zero-order valence-electron chi connectivity index (χ0n) is 19.1. The predicted octanol–water partition coefficient (Wildman–Crippen LogP) is 3.96. The molecule has 0 saturated carbocycles. The van der Waals surface area contributed by atoms with Crippen molar-refractivity contribution in [3.8, 4) is 17.5 Å². The van der Waals surface area contributed by atoms with Gasteiger partial charge in [0.2, 0.25) is 0 Å². The second-order valence-electron chi connectivity index (χ2n) is 8.11. The van der Waals surface area contributed by atoms with E-state index in [9.17, 15) is 20.0 Å². The molecule has 0 radical (unpaired) electrons. The van der Waals surface area contributed by atoms with Crippen LogP contribution in [0.2, 0.25) is 5.02 Å². The summed E-state index contributed by atoms with van der Waals surface area (Å²) in [6.07, 6.45) is 5.05. The molecule has 0 amide bonds. The summed E-state index contributed by atoms with van der Waals surface area (Å²) in [5.74, 6) is -1.34. The van der Waals surface area contributed by atoms with Crippen LogP contribution in [0, 0.1) is 24.2 Å². The summed E-state index contributed by atoms with van der Waals surface area (Å²) in [7, 11) is 0. The Balaban J connectivity index is 1.54. The molecule has 3 aromatic heterocycles. The number of hydrogen-bond acceptors (Lipinski definition) is 9. The fourth-order valence-electron chi connectivity index (χ4n) is 4.22. The first-order valence-electron chi connectivity index (χ1n) is 11.0. The van der Waals surface area contributed by atoms with Crippen LogP contribution in [0.15, 0.2) is 18.6 Å². The number of H-pyrrole nitrogens is 1. The third kappa shape index (κ3) is 5.05. The van der Waals surface area contributed by atoms with E-state index in [0.717, 1.165) is 11.3 Å². The minimum atomic E-state index is -1.08. The number of carbonyl (C=O) groups is 2. The Hall–Kier alpha value is -3.33. The fourth-order valence-corrected chi connectivity index (χ4v) is 5.35. The van der Waals surface area contributed by atoms with Gasteiger partial charge in [-0.25, -0.2) is 9.78 Å². The number of nitrogens with zero attached hydrogens (tertiary/aromatic N) is 5. The molecule has 0 aromatic carbocycles. The Kier molecular flexibility index (Phi) is 7.45. The Morgan fingerprint density at radius 2 is 2.23 bits per heavy atom. The highest BCUT2D eigenvalue weighted by atomic mass is 35.5. The maximum atomic E-state index is 13.0. The average molecular weight is 515 g/mol. The van der Waals surface area contributed by atoms with Gasteiger partial charge >= 0.3 is 5.97 Å². The monoisotopic (exact) mass is 514 g/mol. The van der Waals surface area contributed by atoms with Gasteiger partial charge in [-0.2, -0.15) is 5.26 Å². The maximum Gasteiger partial charge on any atom is 0.348 e. The first-order valence-corrected chi connectivity index (χ1v) is 12.2. The first kappa shape index (κ1) is 24.8. The van der Waals surface area contributed by atoms with Crippen LogP contribution in [0.25, 0.3) is 11.4 Å². The Morgan fingerprint density at radius 1 is 1.43 bits per heavy atom. The van der Waals surface area contributed by atoms with E-state index in [2.05, 4.69) is 19.9 Å². The van der Waals surface area contributed by atoms with Gasteiger partial charge in [-0.05, 0) is 26.2 Å². The van der Waals surface area contributed by atoms with E-state index in [4.69, 9.17) is 16.3 Å². The molecule has 1 fully saturated rings. The molecule has 1 aliphatic rings. The number of ether oxygens (including phenoxy) is 1. The van der Waals surface area contributed by atoms with Crippen molar-refractivity contribution in [2.24, 2.45) is 5.92 Å². The number of aromatic amines is 1. The number of nitriles is 1. The predicted molar refractivity (Wildman–Crippen MR) is 130 cm³/mol. The topological polar surface area (TPSA) is 145 Å². The number of halogens is 1. The number of hydrogen-bond donors (Lipinski definition) is 2. The molecule has 1 saturated heterocycles. The van der Waals surface area contributed by atoms with Gasteiger partial charge in [0.05, 0.1) is 22.9 Å². The van der Waals surface area contributed by atoms with E-state index in [-0.39, 0.29) is 51.1 Å². The Labute approximate surface area is 210 Å². The second-order valence-corrected chi connectivity index (χ2v) is 9.47. The molecule has 4 heterocycles. The summed E-state index contributed by atoms with van der Waals surface area (Å²) in [6, 6.07) is 2.01. The number of carboxylic acid groups (broad SMARTS) is 1. The van der Waals surface area contributed by atoms with Crippen LogP contribution in [-0.4, -0.2) is 62.6 Å². The van der Waals surface area contributed by atoms with E-state index >= 15 is 0 Å². The number of anilines is 1. The number of thiazole rings is 1. The smallest absolute Gasteiger partial charge is 0.348 e. The van der Waals surface area contributed by atoms with Crippen molar-refractivity contribution in [3.63, 3.8) is 0 Å². The number of piperidine rings is 1. The van der Waals surface area contributed by atoms with Crippen molar-refractivity contribution in [1.82, 2.24) is 19.9 Å². The third-order valence-corrected chi connectivity index (χ3v) is 7.49. The largest absolute Gasteiger partial charge is 0.477 e. The van der Waals surface area contributed by atoms with Crippen LogP contribution in [-0.2, 0) is 4.74 Å². The molecule has 35 heavy (non-hydrogen) atoms. The third-order valence-electron chi connectivity index (χ3n) is 5.91. The molecule has 0 spiro atoms. The number of carboxylic acids is 1. The summed E-state index contributed by atoms with van der Waals surface area (Å²) in [6.45, 7) is 5.09. The minimum Gasteiger partial charge on any atom is -0.477 e. The van der Waals surface area contributed by atoms with Gasteiger partial charge in [0.25, 0.3) is 0 Å². The number of rotatable bonds is 8. The van der Waals surface area contributed by atoms with E-state index in [1.54, 1.807) is 6.92 Å². The van der Waals surface area contributed by atoms with Crippen LogP contribution in [0.1, 0.15) is 51.2 Å². The van der Waals surface area contributed by atoms with E-state index in [1.165, 1.54) is 18.6 Å². The highest BCUT2D eigenvalue weighted by Gasteiger charge is 2.35. The fraction of sp³-hybridized carbons (Fsp3) is 0.391. The van der Waals surface area contributed by atoms with Crippen LogP contribution >= 0.6 is 22.9 Å². The molecular weight excluding hydrogens is 492 g/mol. The molecule has 0 bridgehead atoms. The van der Waals surface area contributed by atoms with Gasteiger partial charge in [0.15, 0.2) is 10.9 Å². The van der Waals surface area contributed by atoms with Crippen LogP contribution in [0.5, 0.6) is 0 Å². The van der Waals surface area contributed by atoms with Gasteiger partial charge in [0.1, 0.15) is 28.0 Å². The van der Waals surface area contributed by atoms with Gasteiger partial charge in [-0.1, -0.05) is 22.9 Å².